The normalized spacial score (nSPS) is 16.1. The molecule has 0 bridgehead atoms. The van der Waals surface area contributed by atoms with Gasteiger partial charge in [0, 0.05) is 11.3 Å². The molecule has 6 nitrogen and oxygen atoms in total. The van der Waals surface area contributed by atoms with Crippen LogP contribution in [0.15, 0.2) is 42.5 Å². The zero-order chi connectivity index (χ0) is 21.7. The van der Waals surface area contributed by atoms with Gasteiger partial charge in [-0.2, -0.15) is 0 Å². The molecule has 0 radical (unpaired) electrons. The van der Waals surface area contributed by atoms with Gasteiger partial charge in [-0.05, 0) is 86.1 Å². The number of carbonyl (C=O) groups is 1. The summed E-state index contributed by atoms with van der Waals surface area (Å²) in [4.78, 5) is 12.5. The average molecular weight is 410 g/mol. The quantitative estimate of drug-likeness (QED) is 0.356. The molecule has 30 heavy (non-hydrogen) atoms. The fraction of sp³-hybridized carbons (Fsp3) is 0.417. The van der Waals surface area contributed by atoms with E-state index < -0.39 is 11.5 Å². The van der Waals surface area contributed by atoms with E-state index in [-0.39, 0.29) is 11.9 Å². The van der Waals surface area contributed by atoms with Crippen molar-refractivity contribution in [2.24, 2.45) is 5.73 Å². The summed E-state index contributed by atoms with van der Waals surface area (Å²) in [6, 6.07) is 12.8. The van der Waals surface area contributed by atoms with E-state index in [0.29, 0.717) is 23.2 Å². The van der Waals surface area contributed by atoms with Crippen molar-refractivity contribution >= 4 is 17.5 Å². The molecule has 1 aliphatic carbocycles. The minimum atomic E-state index is -1.29. The Morgan fingerprint density at radius 3 is 2.40 bits per heavy atom. The highest BCUT2D eigenvalue weighted by molar-refractivity contribution is 5.95. The van der Waals surface area contributed by atoms with E-state index in [4.69, 9.17) is 15.9 Å². The van der Waals surface area contributed by atoms with Gasteiger partial charge in [0.15, 0.2) is 5.54 Å². The van der Waals surface area contributed by atoms with Crippen molar-refractivity contribution in [2.75, 3.05) is 5.32 Å². The van der Waals surface area contributed by atoms with Crippen LogP contribution in [-0.4, -0.2) is 23.0 Å². The van der Waals surface area contributed by atoms with Gasteiger partial charge in [-0.25, -0.2) is 4.79 Å². The first-order chi connectivity index (χ1) is 14.4. The summed E-state index contributed by atoms with van der Waals surface area (Å²) >= 11 is 0. The van der Waals surface area contributed by atoms with Crippen molar-refractivity contribution in [3.8, 4) is 5.75 Å². The fourth-order valence-corrected chi connectivity index (χ4v) is 4.05. The van der Waals surface area contributed by atoms with Gasteiger partial charge in [0.25, 0.3) is 0 Å². The minimum absolute atomic E-state index is 0.0223. The van der Waals surface area contributed by atoms with E-state index in [1.54, 1.807) is 24.3 Å². The van der Waals surface area contributed by atoms with Gasteiger partial charge in [0.05, 0.1) is 6.10 Å². The predicted molar refractivity (Wildman–Crippen MR) is 119 cm³/mol. The smallest absolute Gasteiger partial charge is 0.334 e. The second kappa shape index (κ2) is 9.20. The summed E-state index contributed by atoms with van der Waals surface area (Å²) in [6.45, 7) is 3.92. The number of nitrogen functional groups attached to an aromatic ring is 1. The summed E-state index contributed by atoms with van der Waals surface area (Å²) in [6.07, 6.45) is 5.80. The number of hydrogen-bond donors (Lipinski definition) is 4. The molecule has 0 saturated heterocycles. The number of nitrogens with one attached hydrogen (secondary N) is 2. The Morgan fingerprint density at radius 2 is 1.87 bits per heavy atom. The summed E-state index contributed by atoms with van der Waals surface area (Å²) in [7, 11) is 0. The van der Waals surface area contributed by atoms with Gasteiger partial charge in [-0.15, -0.1) is 0 Å². The van der Waals surface area contributed by atoms with Crippen LogP contribution in [0, 0.1) is 5.41 Å². The van der Waals surface area contributed by atoms with E-state index in [1.807, 2.05) is 25.1 Å². The molecule has 0 aliphatic heterocycles. The molecule has 6 heteroatoms. The Hall–Kier alpha value is -3.02. The first kappa shape index (κ1) is 21.7. The third-order valence-corrected chi connectivity index (χ3v) is 5.92. The fourth-order valence-electron chi connectivity index (χ4n) is 4.05. The number of carboxylic acids is 1. The summed E-state index contributed by atoms with van der Waals surface area (Å²) < 4.78 is 6.21. The van der Waals surface area contributed by atoms with Crippen LogP contribution in [0.4, 0.5) is 5.69 Å². The standard InChI is InChI=1S/C24H31N3O3/c1-3-16-13-18(15-21(14-16)30-20-7-5-6-8-20)24(4-2,23(28)29)27-19-11-9-17(10-12-19)22(25)26/h9-15,20,27H,3-8H2,1-2H3,(H3,25,26)(H,28,29). The first-order valence-electron chi connectivity index (χ1n) is 10.6. The van der Waals surface area contributed by atoms with Gasteiger partial charge in [-0.1, -0.05) is 19.9 Å². The zero-order valence-corrected chi connectivity index (χ0v) is 17.7. The topological polar surface area (TPSA) is 108 Å². The van der Waals surface area contributed by atoms with Crippen molar-refractivity contribution in [3.05, 3.63) is 59.2 Å². The second-order valence-corrected chi connectivity index (χ2v) is 7.92. The Bertz CT molecular complexity index is 904. The second-order valence-electron chi connectivity index (χ2n) is 7.92. The average Bonchev–Trinajstić information content (AvgIpc) is 3.24. The van der Waals surface area contributed by atoms with Gasteiger partial charge in [-0.3, -0.25) is 5.41 Å². The largest absolute Gasteiger partial charge is 0.490 e. The van der Waals surface area contributed by atoms with Crippen LogP contribution in [0.3, 0.4) is 0 Å². The third kappa shape index (κ3) is 4.58. The zero-order valence-electron chi connectivity index (χ0n) is 17.7. The van der Waals surface area contributed by atoms with E-state index in [2.05, 4.69) is 12.2 Å². The maximum absolute atomic E-state index is 12.5. The van der Waals surface area contributed by atoms with E-state index in [9.17, 15) is 9.90 Å². The van der Waals surface area contributed by atoms with Crippen molar-refractivity contribution in [1.29, 1.82) is 5.41 Å². The number of rotatable bonds is 9. The molecule has 5 N–H and O–H groups in total. The van der Waals surface area contributed by atoms with Crippen molar-refractivity contribution in [1.82, 2.24) is 0 Å². The number of aryl methyl sites for hydroxylation is 1. The lowest BCUT2D eigenvalue weighted by Crippen LogP contribution is -2.43. The van der Waals surface area contributed by atoms with E-state index in [1.165, 1.54) is 12.8 Å². The lowest BCUT2D eigenvalue weighted by molar-refractivity contribution is -0.142. The minimum Gasteiger partial charge on any atom is -0.490 e. The molecule has 0 aromatic heterocycles. The number of ether oxygens (including phenoxy) is 1. The molecule has 0 spiro atoms. The monoisotopic (exact) mass is 409 g/mol. The van der Waals surface area contributed by atoms with Crippen molar-refractivity contribution < 1.29 is 14.6 Å². The number of anilines is 1. The van der Waals surface area contributed by atoms with Crippen LogP contribution in [0.5, 0.6) is 5.75 Å². The molecule has 1 aliphatic rings. The molecule has 1 atom stereocenters. The van der Waals surface area contributed by atoms with Gasteiger partial charge < -0.3 is 20.9 Å². The third-order valence-electron chi connectivity index (χ3n) is 5.92. The number of amidine groups is 1. The van der Waals surface area contributed by atoms with E-state index >= 15 is 0 Å². The Kier molecular flexibility index (Phi) is 6.65. The van der Waals surface area contributed by atoms with Crippen LogP contribution >= 0.6 is 0 Å². The maximum Gasteiger partial charge on any atom is 0.334 e. The van der Waals surface area contributed by atoms with Crippen molar-refractivity contribution in [3.63, 3.8) is 0 Å². The lowest BCUT2D eigenvalue weighted by atomic mass is 9.85. The van der Waals surface area contributed by atoms with Gasteiger partial charge in [0.2, 0.25) is 0 Å². The van der Waals surface area contributed by atoms with Crippen molar-refractivity contribution in [2.45, 2.75) is 64.0 Å². The molecule has 0 heterocycles. The van der Waals surface area contributed by atoms with Crippen LogP contribution < -0.4 is 15.8 Å². The molecule has 0 amide bonds. The molecule has 160 valence electrons. The maximum atomic E-state index is 12.5. The number of benzene rings is 2. The Morgan fingerprint density at radius 1 is 1.20 bits per heavy atom. The number of hydrogen-bond acceptors (Lipinski definition) is 4. The molecule has 1 unspecified atom stereocenters. The molecular formula is C24H31N3O3. The van der Waals surface area contributed by atoms with Crippen LogP contribution in [-0.2, 0) is 16.8 Å². The molecule has 3 rings (SSSR count). The highest BCUT2D eigenvalue weighted by Crippen LogP contribution is 2.35. The molecule has 1 saturated carbocycles. The Balaban J connectivity index is 1.99. The van der Waals surface area contributed by atoms with E-state index in [0.717, 1.165) is 30.6 Å². The molecule has 2 aromatic rings. The highest BCUT2D eigenvalue weighted by atomic mass is 16.5. The van der Waals surface area contributed by atoms with Crippen LogP contribution in [0.2, 0.25) is 0 Å². The van der Waals surface area contributed by atoms with Crippen LogP contribution in [0.25, 0.3) is 0 Å². The summed E-state index contributed by atoms with van der Waals surface area (Å²) in [5.41, 5.74) is 7.21. The van der Waals surface area contributed by atoms with Crippen LogP contribution in [0.1, 0.15) is 62.6 Å². The van der Waals surface area contributed by atoms with Gasteiger partial charge >= 0.3 is 5.97 Å². The summed E-state index contributed by atoms with van der Waals surface area (Å²) in [5, 5.41) is 21.0. The molecule has 2 aromatic carbocycles. The molecule has 1 fully saturated rings. The summed E-state index contributed by atoms with van der Waals surface area (Å²) in [5.74, 6) is -0.226. The highest BCUT2D eigenvalue weighted by Gasteiger charge is 2.39. The van der Waals surface area contributed by atoms with Gasteiger partial charge in [0.1, 0.15) is 11.6 Å². The lowest BCUT2D eigenvalue weighted by Gasteiger charge is -2.32. The Labute approximate surface area is 178 Å². The number of carboxylic acid groups (broad SMARTS) is 1. The first-order valence-corrected chi connectivity index (χ1v) is 10.6. The number of aliphatic carboxylic acids is 1. The molecular weight excluding hydrogens is 378 g/mol. The SMILES string of the molecule is CCc1cc(OC2CCCC2)cc(C(CC)(Nc2ccc(C(=N)N)cc2)C(=O)O)c1. The predicted octanol–water partition coefficient (Wildman–Crippen LogP) is 4.66. The number of nitrogens with two attached hydrogens (primary N) is 1.